The van der Waals surface area contributed by atoms with Gasteiger partial charge < -0.3 is 16.2 Å². The first kappa shape index (κ1) is 12.0. The number of hydrogen-bond acceptors (Lipinski definition) is 5. The molecule has 1 rings (SSSR count). The fourth-order valence-corrected chi connectivity index (χ4v) is 1.27. The third-order valence-corrected chi connectivity index (χ3v) is 2.26. The molecule has 0 amide bonds. The van der Waals surface area contributed by atoms with Crippen molar-refractivity contribution in [3.63, 3.8) is 0 Å². The van der Waals surface area contributed by atoms with Crippen molar-refractivity contribution in [3.8, 4) is 0 Å². The number of aromatic nitrogens is 2. The van der Waals surface area contributed by atoms with Gasteiger partial charge in [0.05, 0.1) is 0 Å². The average Bonchev–Trinajstić information content (AvgIpc) is 2.24. The van der Waals surface area contributed by atoms with Crippen molar-refractivity contribution < 1.29 is 5.11 Å². The number of unbranched alkanes of at least 4 members (excludes halogenated alkanes) is 2. The van der Waals surface area contributed by atoms with Crippen LogP contribution >= 0.6 is 11.6 Å². The lowest BCUT2D eigenvalue weighted by Gasteiger charge is -2.07. The van der Waals surface area contributed by atoms with Gasteiger partial charge in [-0.15, -0.1) is 0 Å². The number of rotatable bonds is 6. The lowest BCUT2D eigenvalue weighted by molar-refractivity contribution is 0.283. The van der Waals surface area contributed by atoms with E-state index in [1.807, 2.05) is 0 Å². The van der Waals surface area contributed by atoms with Gasteiger partial charge in [-0.25, -0.2) is 9.97 Å². The van der Waals surface area contributed by atoms with Gasteiger partial charge in [-0.05, 0) is 19.3 Å². The third-order valence-electron chi connectivity index (χ3n) is 1.96. The molecule has 0 fully saturated rings. The first-order valence-electron chi connectivity index (χ1n) is 4.86. The lowest BCUT2D eigenvalue weighted by atomic mass is 10.2. The van der Waals surface area contributed by atoms with Gasteiger partial charge in [0.25, 0.3) is 0 Å². The zero-order valence-corrected chi connectivity index (χ0v) is 9.17. The fraction of sp³-hybridized carbons (Fsp3) is 0.556. The Bertz CT molecular complexity index is 308. The van der Waals surface area contributed by atoms with Crippen molar-refractivity contribution in [1.82, 2.24) is 9.97 Å². The van der Waals surface area contributed by atoms with E-state index < -0.39 is 0 Å². The summed E-state index contributed by atoms with van der Waals surface area (Å²) in [5.74, 6) is 0.569. The maximum atomic E-state index is 8.58. The van der Waals surface area contributed by atoms with Gasteiger partial charge in [0.1, 0.15) is 12.0 Å². The zero-order valence-electron chi connectivity index (χ0n) is 8.41. The Kier molecular flexibility index (Phi) is 5.14. The monoisotopic (exact) mass is 230 g/mol. The molecule has 0 saturated carbocycles. The molecule has 84 valence electrons. The van der Waals surface area contributed by atoms with Crippen LogP contribution in [-0.4, -0.2) is 28.2 Å². The topological polar surface area (TPSA) is 84.1 Å². The predicted molar refractivity (Wildman–Crippen MR) is 60.9 cm³/mol. The van der Waals surface area contributed by atoms with Crippen molar-refractivity contribution >= 4 is 23.1 Å². The van der Waals surface area contributed by atoms with Gasteiger partial charge in [0.15, 0.2) is 11.0 Å². The maximum Gasteiger partial charge on any atom is 0.157 e. The summed E-state index contributed by atoms with van der Waals surface area (Å²) in [6.45, 7) is 0.999. The molecule has 1 heterocycles. The molecule has 0 aliphatic carbocycles. The minimum atomic E-state index is 0.238. The molecule has 0 aliphatic rings. The van der Waals surface area contributed by atoms with Crippen molar-refractivity contribution in [2.75, 3.05) is 24.2 Å². The summed E-state index contributed by atoms with van der Waals surface area (Å²) in [7, 11) is 0. The second-order valence-electron chi connectivity index (χ2n) is 3.14. The van der Waals surface area contributed by atoms with E-state index in [-0.39, 0.29) is 11.8 Å². The van der Waals surface area contributed by atoms with E-state index in [2.05, 4.69) is 15.3 Å². The van der Waals surface area contributed by atoms with E-state index >= 15 is 0 Å². The number of nitrogen functional groups attached to an aromatic ring is 1. The number of nitrogens with one attached hydrogen (secondary N) is 1. The number of aliphatic hydroxyl groups excluding tert-OH is 1. The molecule has 0 bridgehead atoms. The molecule has 1 aromatic heterocycles. The van der Waals surface area contributed by atoms with Crippen LogP contribution in [0, 0.1) is 0 Å². The Morgan fingerprint density at radius 2 is 2.13 bits per heavy atom. The minimum Gasteiger partial charge on any atom is -0.396 e. The molecular weight excluding hydrogens is 216 g/mol. The van der Waals surface area contributed by atoms with Crippen LogP contribution in [0.1, 0.15) is 19.3 Å². The Balaban J connectivity index is 2.34. The lowest BCUT2D eigenvalue weighted by Crippen LogP contribution is -2.07. The minimum absolute atomic E-state index is 0.238. The van der Waals surface area contributed by atoms with Crippen molar-refractivity contribution in [2.45, 2.75) is 19.3 Å². The first-order chi connectivity index (χ1) is 7.25. The second kappa shape index (κ2) is 6.42. The van der Waals surface area contributed by atoms with E-state index in [9.17, 15) is 0 Å². The largest absolute Gasteiger partial charge is 0.396 e. The molecule has 4 N–H and O–H groups in total. The Labute approximate surface area is 93.7 Å². The van der Waals surface area contributed by atoms with Crippen LogP contribution in [-0.2, 0) is 0 Å². The van der Waals surface area contributed by atoms with Crippen molar-refractivity contribution in [2.24, 2.45) is 0 Å². The van der Waals surface area contributed by atoms with Gasteiger partial charge in [-0.3, -0.25) is 0 Å². The summed E-state index contributed by atoms with van der Waals surface area (Å²) in [4.78, 5) is 7.73. The number of nitrogens with zero attached hydrogens (tertiary/aromatic N) is 2. The highest BCUT2D eigenvalue weighted by atomic mass is 35.5. The summed E-state index contributed by atoms with van der Waals surface area (Å²) >= 11 is 5.73. The van der Waals surface area contributed by atoms with Gasteiger partial charge in [0, 0.05) is 13.2 Å². The molecule has 0 aromatic carbocycles. The SMILES string of the molecule is Nc1c(Cl)ncnc1NCCCCCO. The number of halogens is 1. The number of nitrogens with two attached hydrogens (primary N) is 1. The Morgan fingerprint density at radius 3 is 2.87 bits per heavy atom. The van der Waals surface area contributed by atoms with Crippen molar-refractivity contribution in [3.05, 3.63) is 11.5 Å². The highest BCUT2D eigenvalue weighted by Gasteiger charge is 2.04. The molecule has 6 heteroatoms. The molecule has 0 atom stereocenters. The maximum absolute atomic E-state index is 8.58. The van der Waals surface area contributed by atoms with E-state index in [4.69, 9.17) is 22.4 Å². The fourth-order valence-electron chi connectivity index (χ4n) is 1.14. The number of aliphatic hydroxyl groups is 1. The standard InChI is InChI=1S/C9H15ClN4O/c10-8-7(11)9(14-6-13-8)12-4-2-1-3-5-15/h6,15H,1-5,11H2,(H,12,13,14). The van der Waals surface area contributed by atoms with E-state index in [0.29, 0.717) is 11.5 Å². The number of anilines is 2. The van der Waals surface area contributed by atoms with Gasteiger partial charge in [-0.2, -0.15) is 0 Å². The van der Waals surface area contributed by atoms with Crippen LogP contribution in [0.3, 0.4) is 0 Å². The van der Waals surface area contributed by atoms with E-state index in [1.165, 1.54) is 6.33 Å². The molecule has 0 radical (unpaired) electrons. The highest BCUT2D eigenvalue weighted by Crippen LogP contribution is 2.21. The van der Waals surface area contributed by atoms with Crippen LogP contribution < -0.4 is 11.1 Å². The zero-order chi connectivity index (χ0) is 11.1. The van der Waals surface area contributed by atoms with Crippen LogP contribution in [0.5, 0.6) is 0 Å². The van der Waals surface area contributed by atoms with Crippen LogP contribution in [0.4, 0.5) is 11.5 Å². The summed E-state index contributed by atoms with van der Waals surface area (Å²) in [5, 5.41) is 11.9. The summed E-state index contributed by atoms with van der Waals surface area (Å²) in [6, 6.07) is 0. The van der Waals surface area contributed by atoms with E-state index in [1.54, 1.807) is 0 Å². The average molecular weight is 231 g/mol. The molecule has 15 heavy (non-hydrogen) atoms. The van der Waals surface area contributed by atoms with Crippen LogP contribution in [0.25, 0.3) is 0 Å². The summed E-state index contributed by atoms with van der Waals surface area (Å²) in [5.41, 5.74) is 6.04. The second-order valence-corrected chi connectivity index (χ2v) is 3.50. The Morgan fingerprint density at radius 1 is 1.33 bits per heavy atom. The summed E-state index contributed by atoms with van der Waals surface area (Å²) in [6.07, 6.45) is 4.13. The molecule has 0 unspecified atom stereocenters. The Hall–Kier alpha value is -1.07. The molecular formula is C9H15ClN4O. The normalized spacial score (nSPS) is 10.3. The highest BCUT2D eigenvalue weighted by molar-refractivity contribution is 6.32. The molecule has 0 spiro atoms. The first-order valence-corrected chi connectivity index (χ1v) is 5.24. The van der Waals surface area contributed by atoms with Crippen LogP contribution in [0.15, 0.2) is 6.33 Å². The third kappa shape index (κ3) is 3.89. The van der Waals surface area contributed by atoms with E-state index in [0.717, 1.165) is 25.8 Å². The predicted octanol–water partition coefficient (Wildman–Crippen LogP) is 1.29. The number of hydrogen-bond donors (Lipinski definition) is 3. The van der Waals surface area contributed by atoms with Crippen LogP contribution in [0.2, 0.25) is 5.15 Å². The summed E-state index contributed by atoms with van der Waals surface area (Å²) < 4.78 is 0. The molecule has 0 saturated heterocycles. The van der Waals surface area contributed by atoms with Gasteiger partial charge >= 0.3 is 0 Å². The smallest absolute Gasteiger partial charge is 0.157 e. The molecule has 5 nitrogen and oxygen atoms in total. The quantitative estimate of drug-likeness (QED) is 0.507. The van der Waals surface area contributed by atoms with Gasteiger partial charge in [0.2, 0.25) is 0 Å². The van der Waals surface area contributed by atoms with Gasteiger partial charge in [-0.1, -0.05) is 11.6 Å². The van der Waals surface area contributed by atoms with Crippen molar-refractivity contribution in [1.29, 1.82) is 0 Å². The molecule has 1 aromatic rings. The molecule has 0 aliphatic heterocycles.